The third-order valence-corrected chi connectivity index (χ3v) is 6.07. The van der Waals surface area contributed by atoms with Gasteiger partial charge >= 0.3 is 0 Å². The van der Waals surface area contributed by atoms with Crippen molar-refractivity contribution in [2.24, 2.45) is 11.3 Å². The number of piperidine rings is 1. The van der Waals surface area contributed by atoms with E-state index in [2.05, 4.69) is 36.9 Å². The van der Waals surface area contributed by atoms with Gasteiger partial charge in [-0.3, -0.25) is 0 Å². The van der Waals surface area contributed by atoms with Crippen molar-refractivity contribution in [2.75, 3.05) is 18.0 Å². The molecule has 2 aromatic rings. The zero-order chi connectivity index (χ0) is 14.2. The minimum Gasteiger partial charge on any atom is -0.356 e. The van der Waals surface area contributed by atoms with Gasteiger partial charge in [0.2, 0.25) is 0 Å². The number of aromatic nitrogens is 1. The topological polar surface area (TPSA) is 16.1 Å². The first-order valence-electron chi connectivity index (χ1n) is 8.30. The molecule has 1 aromatic heterocycles. The molecule has 1 aromatic carbocycles. The molecule has 2 nitrogen and oxygen atoms in total. The van der Waals surface area contributed by atoms with Crippen LogP contribution in [0.25, 0.3) is 10.9 Å². The van der Waals surface area contributed by atoms with E-state index >= 15 is 0 Å². The van der Waals surface area contributed by atoms with Gasteiger partial charge < -0.3 is 4.90 Å². The predicted molar refractivity (Wildman–Crippen MR) is 86.9 cm³/mol. The van der Waals surface area contributed by atoms with Crippen molar-refractivity contribution in [1.29, 1.82) is 0 Å². The zero-order valence-electron chi connectivity index (χ0n) is 12.9. The molecule has 0 amide bonds. The molecular weight excluding hydrogens is 256 g/mol. The Morgan fingerprint density at radius 1 is 1.19 bits per heavy atom. The van der Waals surface area contributed by atoms with Crippen molar-refractivity contribution < 1.29 is 0 Å². The maximum absolute atomic E-state index is 5.01. The summed E-state index contributed by atoms with van der Waals surface area (Å²) in [4.78, 5) is 7.52. The maximum Gasteiger partial charge on any atom is 0.129 e. The van der Waals surface area contributed by atoms with E-state index in [4.69, 9.17) is 4.98 Å². The second-order valence-electron chi connectivity index (χ2n) is 7.72. The van der Waals surface area contributed by atoms with Gasteiger partial charge in [0.25, 0.3) is 0 Å². The molecule has 5 rings (SSSR count). The average Bonchev–Trinajstić information content (AvgIpc) is 2.83. The van der Waals surface area contributed by atoms with E-state index in [0.717, 1.165) is 5.92 Å². The van der Waals surface area contributed by atoms with Gasteiger partial charge in [-0.25, -0.2) is 4.98 Å². The quantitative estimate of drug-likeness (QED) is 0.787. The monoisotopic (exact) mass is 278 g/mol. The van der Waals surface area contributed by atoms with Crippen LogP contribution in [-0.4, -0.2) is 18.1 Å². The van der Waals surface area contributed by atoms with Crippen LogP contribution in [0.3, 0.4) is 0 Å². The van der Waals surface area contributed by atoms with E-state index in [0.29, 0.717) is 5.41 Å². The van der Waals surface area contributed by atoms with Crippen molar-refractivity contribution in [3.05, 3.63) is 34.9 Å². The highest BCUT2D eigenvalue weighted by molar-refractivity contribution is 5.86. The normalized spacial score (nSPS) is 29.8. The Hall–Kier alpha value is -1.57. The number of aryl methyl sites for hydroxylation is 3. The summed E-state index contributed by atoms with van der Waals surface area (Å²) in [6.07, 6.45) is 5.21. The van der Waals surface area contributed by atoms with E-state index in [1.807, 2.05) is 0 Å². The molecule has 0 bridgehead atoms. The highest BCUT2D eigenvalue weighted by Gasteiger charge is 2.56. The van der Waals surface area contributed by atoms with Crippen molar-refractivity contribution in [2.45, 2.75) is 39.5 Å². The SMILES string of the molecule is Cc1cc(N2CC3CC3(C)C2)nc2cc3c(cc12)CCC3. The maximum atomic E-state index is 5.01. The van der Waals surface area contributed by atoms with Crippen molar-refractivity contribution >= 4 is 16.7 Å². The molecular formula is C19H22N2. The number of pyridine rings is 1. The van der Waals surface area contributed by atoms with Crippen LogP contribution < -0.4 is 4.90 Å². The van der Waals surface area contributed by atoms with Crippen LogP contribution in [0.4, 0.5) is 5.82 Å². The summed E-state index contributed by atoms with van der Waals surface area (Å²) in [5, 5.41) is 1.36. The first-order valence-corrected chi connectivity index (χ1v) is 8.30. The third kappa shape index (κ3) is 1.68. The molecule has 1 aliphatic heterocycles. The average molecular weight is 278 g/mol. The second kappa shape index (κ2) is 3.79. The van der Waals surface area contributed by atoms with Crippen molar-refractivity contribution in [3.63, 3.8) is 0 Å². The number of nitrogens with zero attached hydrogens (tertiary/aromatic N) is 2. The van der Waals surface area contributed by atoms with Gasteiger partial charge in [0.1, 0.15) is 5.82 Å². The number of hydrogen-bond acceptors (Lipinski definition) is 2. The minimum atomic E-state index is 0.586. The lowest BCUT2D eigenvalue weighted by Gasteiger charge is -2.22. The van der Waals surface area contributed by atoms with Crippen molar-refractivity contribution in [1.82, 2.24) is 4.98 Å². The number of fused-ring (bicyclic) bond motifs is 3. The highest BCUT2D eigenvalue weighted by Crippen LogP contribution is 2.57. The van der Waals surface area contributed by atoms with Crippen LogP contribution >= 0.6 is 0 Å². The summed E-state index contributed by atoms with van der Waals surface area (Å²) in [5.41, 5.74) is 6.26. The van der Waals surface area contributed by atoms with Gasteiger partial charge in [0.05, 0.1) is 5.52 Å². The number of hydrogen-bond donors (Lipinski definition) is 0. The molecule has 0 spiro atoms. The molecule has 21 heavy (non-hydrogen) atoms. The lowest BCUT2D eigenvalue weighted by atomic mass is 10.0. The van der Waals surface area contributed by atoms with Gasteiger partial charge in [0, 0.05) is 18.5 Å². The largest absolute Gasteiger partial charge is 0.356 e. The molecule has 0 N–H and O–H groups in total. The molecule has 108 valence electrons. The van der Waals surface area contributed by atoms with Crippen LogP contribution in [-0.2, 0) is 12.8 Å². The first-order chi connectivity index (χ1) is 10.1. The van der Waals surface area contributed by atoms with Crippen LogP contribution in [0.15, 0.2) is 18.2 Å². The van der Waals surface area contributed by atoms with E-state index in [9.17, 15) is 0 Å². The van der Waals surface area contributed by atoms with Gasteiger partial charge in [-0.2, -0.15) is 0 Å². The number of rotatable bonds is 1. The molecule has 1 saturated carbocycles. The standard InChI is InChI=1S/C19H22N2/c1-12-6-18(21-10-15-9-19(15,2)11-21)20-17-8-14-5-3-4-13(14)7-16(12)17/h6-8,15H,3-5,9-11H2,1-2H3. The van der Waals surface area contributed by atoms with Gasteiger partial charge in [-0.15, -0.1) is 0 Å². The van der Waals surface area contributed by atoms with Gasteiger partial charge in [-0.1, -0.05) is 6.92 Å². The van der Waals surface area contributed by atoms with Gasteiger partial charge in [0.15, 0.2) is 0 Å². The number of anilines is 1. The van der Waals surface area contributed by atoms with Gasteiger partial charge in [-0.05, 0) is 78.8 Å². The molecule has 2 heteroatoms. The summed E-state index contributed by atoms with van der Waals surface area (Å²) < 4.78 is 0. The summed E-state index contributed by atoms with van der Waals surface area (Å²) in [5.74, 6) is 2.11. The fraction of sp³-hybridized carbons (Fsp3) is 0.526. The molecule has 3 aliphatic rings. The lowest BCUT2D eigenvalue weighted by molar-refractivity contribution is 0.595. The van der Waals surface area contributed by atoms with Crippen LogP contribution in [0.2, 0.25) is 0 Å². The predicted octanol–water partition coefficient (Wildman–Crippen LogP) is 3.88. The fourth-order valence-electron chi connectivity index (χ4n) is 4.53. The zero-order valence-corrected chi connectivity index (χ0v) is 12.9. The van der Waals surface area contributed by atoms with E-state index < -0.39 is 0 Å². The van der Waals surface area contributed by atoms with Crippen molar-refractivity contribution in [3.8, 4) is 0 Å². The third-order valence-electron chi connectivity index (χ3n) is 6.07. The first kappa shape index (κ1) is 12.0. The molecule has 0 radical (unpaired) electrons. The van der Waals surface area contributed by atoms with E-state index in [1.165, 1.54) is 66.6 Å². The molecule has 2 unspecified atom stereocenters. The Labute approximate surface area is 126 Å². The van der Waals surface area contributed by atoms with Crippen LogP contribution in [0.1, 0.15) is 36.5 Å². The second-order valence-corrected chi connectivity index (χ2v) is 7.72. The van der Waals surface area contributed by atoms with Crippen LogP contribution in [0, 0.1) is 18.3 Å². The smallest absolute Gasteiger partial charge is 0.129 e. The summed E-state index contributed by atoms with van der Waals surface area (Å²) >= 11 is 0. The number of benzene rings is 1. The Morgan fingerprint density at radius 2 is 2.00 bits per heavy atom. The fourth-order valence-corrected chi connectivity index (χ4v) is 4.53. The van der Waals surface area contributed by atoms with E-state index in [-0.39, 0.29) is 0 Å². The highest BCUT2D eigenvalue weighted by atomic mass is 15.2. The lowest BCUT2D eigenvalue weighted by Crippen LogP contribution is -2.24. The Morgan fingerprint density at radius 3 is 2.76 bits per heavy atom. The molecule has 2 aliphatic carbocycles. The Bertz CT molecular complexity index is 764. The summed E-state index contributed by atoms with van der Waals surface area (Å²) in [7, 11) is 0. The molecule has 2 fully saturated rings. The Kier molecular flexibility index (Phi) is 2.17. The Balaban J connectivity index is 1.61. The summed E-state index contributed by atoms with van der Waals surface area (Å²) in [6.45, 7) is 7.08. The molecule has 1 saturated heterocycles. The molecule has 2 atom stereocenters. The van der Waals surface area contributed by atoms with Crippen LogP contribution in [0.5, 0.6) is 0 Å². The minimum absolute atomic E-state index is 0.586. The summed E-state index contributed by atoms with van der Waals surface area (Å²) in [6, 6.07) is 7.05. The molecule has 2 heterocycles. The van der Waals surface area contributed by atoms with E-state index in [1.54, 1.807) is 5.56 Å².